The summed E-state index contributed by atoms with van der Waals surface area (Å²) in [6, 6.07) is 5.30. The van der Waals surface area contributed by atoms with E-state index < -0.39 is 0 Å². The molecule has 1 rings (SSSR count). The van der Waals surface area contributed by atoms with Crippen LogP contribution in [0, 0.1) is 12.7 Å². The number of hydrogen-bond donors (Lipinski definition) is 1. The summed E-state index contributed by atoms with van der Waals surface area (Å²) in [5.41, 5.74) is 2.02. The van der Waals surface area contributed by atoms with Crippen molar-refractivity contribution in [2.75, 3.05) is 5.32 Å². The minimum Gasteiger partial charge on any atom is -0.382 e. The molecule has 1 aromatic rings. The first-order valence-electron chi connectivity index (χ1n) is 6.16. The molecule has 0 bridgehead atoms. The highest BCUT2D eigenvalue weighted by Crippen LogP contribution is 2.18. The summed E-state index contributed by atoms with van der Waals surface area (Å²) in [5, 5.41) is 3.37. The number of unbranched alkanes of at least 4 members (excludes halogenated alkanes) is 2. The zero-order valence-electron chi connectivity index (χ0n) is 10.5. The minimum absolute atomic E-state index is 0.172. The molecule has 1 unspecified atom stereocenters. The van der Waals surface area contributed by atoms with Gasteiger partial charge in [-0.05, 0) is 38.0 Å². The van der Waals surface area contributed by atoms with Gasteiger partial charge in [0.05, 0.1) is 0 Å². The van der Waals surface area contributed by atoms with Crippen LogP contribution >= 0.6 is 0 Å². The monoisotopic (exact) mass is 223 g/mol. The Labute approximate surface area is 98.1 Å². The first-order valence-corrected chi connectivity index (χ1v) is 6.16. The van der Waals surface area contributed by atoms with Crippen LogP contribution in [0.2, 0.25) is 0 Å². The Balaban J connectivity index is 2.48. The SMILES string of the molecule is CCCCCC(C)Nc1cc(F)ccc1C. The van der Waals surface area contributed by atoms with Crippen LogP contribution in [0.5, 0.6) is 0 Å². The van der Waals surface area contributed by atoms with E-state index in [9.17, 15) is 4.39 Å². The van der Waals surface area contributed by atoms with Crippen molar-refractivity contribution in [3.8, 4) is 0 Å². The molecule has 0 aliphatic rings. The van der Waals surface area contributed by atoms with Crippen molar-refractivity contribution in [2.45, 2.75) is 52.5 Å². The predicted octanol–water partition coefficient (Wildman–Crippen LogP) is 4.51. The Bertz CT molecular complexity index is 323. The fourth-order valence-electron chi connectivity index (χ4n) is 1.79. The molecule has 90 valence electrons. The zero-order chi connectivity index (χ0) is 12.0. The van der Waals surface area contributed by atoms with Crippen LogP contribution in [0.15, 0.2) is 18.2 Å². The number of halogens is 1. The highest BCUT2D eigenvalue weighted by molar-refractivity contribution is 5.51. The van der Waals surface area contributed by atoms with Crippen molar-refractivity contribution >= 4 is 5.69 Å². The lowest BCUT2D eigenvalue weighted by molar-refractivity contribution is 0.611. The van der Waals surface area contributed by atoms with Crippen molar-refractivity contribution in [3.05, 3.63) is 29.6 Å². The molecule has 0 aromatic heterocycles. The number of rotatable bonds is 6. The molecule has 0 saturated heterocycles. The highest BCUT2D eigenvalue weighted by atomic mass is 19.1. The Kier molecular flexibility index (Phi) is 5.30. The third kappa shape index (κ3) is 4.21. The molecule has 0 aliphatic heterocycles. The second-order valence-electron chi connectivity index (χ2n) is 4.50. The molecule has 1 nitrogen and oxygen atoms in total. The van der Waals surface area contributed by atoms with Crippen LogP contribution in [0.1, 0.15) is 45.1 Å². The maximum atomic E-state index is 13.1. The van der Waals surface area contributed by atoms with Gasteiger partial charge in [-0.3, -0.25) is 0 Å². The van der Waals surface area contributed by atoms with Gasteiger partial charge in [0.15, 0.2) is 0 Å². The third-order valence-electron chi connectivity index (χ3n) is 2.84. The maximum Gasteiger partial charge on any atom is 0.125 e. The average molecular weight is 223 g/mol. The Morgan fingerprint density at radius 1 is 1.31 bits per heavy atom. The van der Waals surface area contributed by atoms with Crippen LogP contribution in [-0.4, -0.2) is 6.04 Å². The molecule has 1 aromatic carbocycles. The summed E-state index contributed by atoms with van der Waals surface area (Å²) in [7, 11) is 0. The van der Waals surface area contributed by atoms with E-state index in [0.29, 0.717) is 6.04 Å². The van der Waals surface area contributed by atoms with E-state index in [2.05, 4.69) is 19.2 Å². The topological polar surface area (TPSA) is 12.0 Å². The van der Waals surface area contributed by atoms with E-state index in [1.807, 2.05) is 13.0 Å². The van der Waals surface area contributed by atoms with Gasteiger partial charge < -0.3 is 5.32 Å². The molecule has 0 fully saturated rings. The smallest absolute Gasteiger partial charge is 0.125 e. The van der Waals surface area contributed by atoms with Crippen molar-refractivity contribution in [2.24, 2.45) is 0 Å². The Hall–Kier alpha value is -1.05. The summed E-state index contributed by atoms with van der Waals surface area (Å²) in [6.07, 6.45) is 4.89. The number of hydrogen-bond acceptors (Lipinski definition) is 1. The largest absolute Gasteiger partial charge is 0.382 e. The van der Waals surface area contributed by atoms with E-state index >= 15 is 0 Å². The van der Waals surface area contributed by atoms with Gasteiger partial charge in [0.1, 0.15) is 5.82 Å². The van der Waals surface area contributed by atoms with Gasteiger partial charge in [0, 0.05) is 11.7 Å². The number of nitrogens with one attached hydrogen (secondary N) is 1. The summed E-state index contributed by atoms with van der Waals surface area (Å²) in [6.45, 7) is 6.36. The van der Waals surface area contributed by atoms with Gasteiger partial charge in [0.25, 0.3) is 0 Å². The van der Waals surface area contributed by atoms with E-state index in [4.69, 9.17) is 0 Å². The van der Waals surface area contributed by atoms with E-state index in [-0.39, 0.29) is 5.82 Å². The fourth-order valence-corrected chi connectivity index (χ4v) is 1.79. The molecule has 2 heteroatoms. The van der Waals surface area contributed by atoms with E-state index in [1.165, 1.54) is 25.3 Å². The van der Waals surface area contributed by atoms with Crippen molar-refractivity contribution in [3.63, 3.8) is 0 Å². The van der Waals surface area contributed by atoms with Crippen molar-refractivity contribution < 1.29 is 4.39 Å². The Morgan fingerprint density at radius 3 is 2.75 bits per heavy atom. The van der Waals surface area contributed by atoms with Gasteiger partial charge >= 0.3 is 0 Å². The molecule has 0 radical (unpaired) electrons. The van der Waals surface area contributed by atoms with Crippen molar-refractivity contribution in [1.29, 1.82) is 0 Å². The lowest BCUT2D eigenvalue weighted by atomic mass is 10.1. The van der Waals surface area contributed by atoms with Crippen LogP contribution in [0.4, 0.5) is 10.1 Å². The Morgan fingerprint density at radius 2 is 2.06 bits per heavy atom. The summed E-state index contributed by atoms with van der Waals surface area (Å²) in [4.78, 5) is 0. The quantitative estimate of drug-likeness (QED) is 0.699. The molecular formula is C14H22FN. The maximum absolute atomic E-state index is 13.1. The first kappa shape index (κ1) is 13.0. The number of benzene rings is 1. The lowest BCUT2D eigenvalue weighted by Gasteiger charge is -2.16. The second kappa shape index (κ2) is 6.51. The summed E-state index contributed by atoms with van der Waals surface area (Å²) >= 11 is 0. The van der Waals surface area contributed by atoms with Crippen LogP contribution in [0.25, 0.3) is 0 Å². The summed E-state index contributed by atoms with van der Waals surface area (Å²) in [5.74, 6) is -0.172. The average Bonchev–Trinajstić information content (AvgIpc) is 2.24. The molecule has 0 spiro atoms. The van der Waals surface area contributed by atoms with Gasteiger partial charge in [-0.1, -0.05) is 32.3 Å². The van der Waals surface area contributed by atoms with E-state index in [1.54, 1.807) is 6.07 Å². The number of anilines is 1. The van der Waals surface area contributed by atoms with Gasteiger partial charge in [-0.15, -0.1) is 0 Å². The molecule has 0 amide bonds. The second-order valence-corrected chi connectivity index (χ2v) is 4.50. The molecule has 0 aliphatic carbocycles. The first-order chi connectivity index (χ1) is 7.63. The normalized spacial score (nSPS) is 12.5. The van der Waals surface area contributed by atoms with Crippen LogP contribution in [-0.2, 0) is 0 Å². The molecule has 16 heavy (non-hydrogen) atoms. The van der Waals surface area contributed by atoms with Crippen molar-refractivity contribution in [1.82, 2.24) is 0 Å². The third-order valence-corrected chi connectivity index (χ3v) is 2.84. The van der Waals surface area contributed by atoms with Gasteiger partial charge in [-0.25, -0.2) is 4.39 Å². The molecular weight excluding hydrogens is 201 g/mol. The standard InChI is InChI=1S/C14H22FN/c1-4-5-6-7-12(3)16-14-10-13(15)9-8-11(14)2/h8-10,12,16H,4-7H2,1-3H3. The summed E-state index contributed by atoms with van der Waals surface area (Å²) < 4.78 is 13.1. The number of aryl methyl sites for hydroxylation is 1. The molecule has 0 heterocycles. The van der Waals surface area contributed by atoms with Gasteiger partial charge in [0.2, 0.25) is 0 Å². The van der Waals surface area contributed by atoms with Gasteiger partial charge in [-0.2, -0.15) is 0 Å². The lowest BCUT2D eigenvalue weighted by Crippen LogP contribution is -2.15. The molecule has 0 saturated carbocycles. The zero-order valence-corrected chi connectivity index (χ0v) is 10.5. The highest BCUT2D eigenvalue weighted by Gasteiger charge is 2.04. The molecule has 1 N–H and O–H groups in total. The minimum atomic E-state index is -0.172. The van der Waals surface area contributed by atoms with Crippen LogP contribution < -0.4 is 5.32 Å². The van der Waals surface area contributed by atoms with E-state index in [0.717, 1.165) is 17.7 Å². The van der Waals surface area contributed by atoms with Crippen LogP contribution in [0.3, 0.4) is 0 Å². The predicted molar refractivity (Wildman–Crippen MR) is 68.4 cm³/mol. The fraction of sp³-hybridized carbons (Fsp3) is 0.571. The molecule has 1 atom stereocenters.